The smallest absolute Gasteiger partial charge is 0.150 e. The standard InChI is InChI=1S/C13H25NO3S/c15-13(11-14-7-3-1-2-4-8-14)12-5-9-18(16,17)10-6-12/h12-13,15H,1-11H2. The highest BCUT2D eigenvalue weighted by Gasteiger charge is 2.29. The summed E-state index contributed by atoms with van der Waals surface area (Å²) in [6.07, 6.45) is 5.98. The minimum absolute atomic E-state index is 0.178. The molecule has 1 unspecified atom stereocenters. The van der Waals surface area contributed by atoms with Gasteiger partial charge in [0.2, 0.25) is 0 Å². The number of aliphatic hydroxyl groups excluding tert-OH is 1. The number of rotatable bonds is 3. The maximum absolute atomic E-state index is 11.4. The van der Waals surface area contributed by atoms with Crippen LogP contribution in [0.25, 0.3) is 0 Å². The van der Waals surface area contributed by atoms with E-state index in [1.165, 1.54) is 25.7 Å². The number of nitrogens with zero attached hydrogens (tertiary/aromatic N) is 1. The Hall–Kier alpha value is -0.130. The molecule has 2 rings (SSSR count). The Balaban J connectivity index is 1.78. The summed E-state index contributed by atoms with van der Waals surface area (Å²) in [4.78, 5) is 2.35. The molecule has 0 aromatic heterocycles. The molecule has 1 atom stereocenters. The summed E-state index contributed by atoms with van der Waals surface area (Å²) in [5, 5.41) is 10.3. The summed E-state index contributed by atoms with van der Waals surface area (Å²) < 4.78 is 22.7. The highest BCUT2D eigenvalue weighted by atomic mass is 32.2. The summed E-state index contributed by atoms with van der Waals surface area (Å²) in [6.45, 7) is 2.90. The van der Waals surface area contributed by atoms with Gasteiger partial charge in [-0.05, 0) is 44.7 Å². The maximum atomic E-state index is 11.4. The lowest BCUT2D eigenvalue weighted by atomic mass is 9.95. The molecule has 2 fully saturated rings. The summed E-state index contributed by atoms with van der Waals surface area (Å²) >= 11 is 0. The second kappa shape index (κ2) is 6.35. The molecule has 0 saturated carbocycles. The van der Waals surface area contributed by atoms with E-state index in [2.05, 4.69) is 4.90 Å². The molecule has 0 amide bonds. The van der Waals surface area contributed by atoms with Crippen molar-refractivity contribution in [2.45, 2.75) is 44.6 Å². The van der Waals surface area contributed by atoms with Gasteiger partial charge < -0.3 is 10.0 Å². The average molecular weight is 275 g/mol. The van der Waals surface area contributed by atoms with Crippen LogP contribution in [-0.4, -0.2) is 55.7 Å². The molecule has 2 aliphatic rings. The van der Waals surface area contributed by atoms with Crippen LogP contribution < -0.4 is 0 Å². The zero-order valence-electron chi connectivity index (χ0n) is 11.1. The Labute approximate surface area is 110 Å². The molecule has 0 aromatic carbocycles. The molecule has 18 heavy (non-hydrogen) atoms. The number of hydrogen-bond acceptors (Lipinski definition) is 4. The van der Waals surface area contributed by atoms with Crippen LogP contribution in [0.1, 0.15) is 38.5 Å². The summed E-state index contributed by atoms with van der Waals surface area (Å²) in [5.74, 6) is 0.695. The molecular weight excluding hydrogens is 250 g/mol. The van der Waals surface area contributed by atoms with Crippen molar-refractivity contribution < 1.29 is 13.5 Å². The first-order valence-electron chi connectivity index (χ1n) is 7.18. The molecule has 2 aliphatic heterocycles. The quantitative estimate of drug-likeness (QED) is 0.836. The first-order chi connectivity index (χ1) is 8.57. The largest absolute Gasteiger partial charge is 0.392 e. The second-order valence-corrected chi connectivity index (χ2v) is 8.08. The fraction of sp³-hybridized carbons (Fsp3) is 1.00. The number of likely N-dealkylation sites (tertiary alicyclic amines) is 1. The topological polar surface area (TPSA) is 57.6 Å². The molecule has 0 aliphatic carbocycles. The zero-order valence-corrected chi connectivity index (χ0v) is 11.9. The fourth-order valence-electron chi connectivity index (χ4n) is 3.03. The van der Waals surface area contributed by atoms with E-state index in [-0.39, 0.29) is 23.5 Å². The first kappa shape index (κ1) is 14.3. The third-order valence-corrected chi connectivity index (χ3v) is 6.00. The van der Waals surface area contributed by atoms with Crippen molar-refractivity contribution >= 4 is 9.84 Å². The molecule has 4 nitrogen and oxygen atoms in total. The van der Waals surface area contributed by atoms with Crippen molar-refractivity contribution in [3.63, 3.8) is 0 Å². The van der Waals surface area contributed by atoms with Crippen LogP contribution in [0, 0.1) is 5.92 Å². The van der Waals surface area contributed by atoms with E-state index < -0.39 is 9.84 Å². The molecule has 0 aromatic rings. The molecule has 0 radical (unpaired) electrons. The van der Waals surface area contributed by atoms with Crippen molar-refractivity contribution in [2.24, 2.45) is 5.92 Å². The van der Waals surface area contributed by atoms with Gasteiger partial charge in [0.15, 0.2) is 0 Å². The van der Waals surface area contributed by atoms with Gasteiger partial charge in [0.25, 0.3) is 0 Å². The Bertz CT molecular complexity index is 333. The Morgan fingerprint density at radius 2 is 1.61 bits per heavy atom. The minimum atomic E-state index is -2.81. The van der Waals surface area contributed by atoms with Crippen LogP contribution >= 0.6 is 0 Å². The lowest BCUT2D eigenvalue weighted by Crippen LogP contribution is -2.40. The van der Waals surface area contributed by atoms with Crippen LogP contribution in [-0.2, 0) is 9.84 Å². The lowest BCUT2D eigenvalue weighted by molar-refractivity contribution is 0.0603. The average Bonchev–Trinajstić information content (AvgIpc) is 2.57. The summed E-state index contributed by atoms with van der Waals surface area (Å²) in [7, 11) is -2.81. The van der Waals surface area contributed by atoms with Crippen LogP contribution in [0.2, 0.25) is 0 Å². The van der Waals surface area contributed by atoms with Gasteiger partial charge in [0, 0.05) is 6.54 Å². The maximum Gasteiger partial charge on any atom is 0.150 e. The highest BCUT2D eigenvalue weighted by molar-refractivity contribution is 7.91. The van der Waals surface area contributed by atoms with Crippen LogP contribution in [0.3, 0.4) is 0 Å². The fourth-order valence-corrected chi connectivity index (χ4v) is 4.55. The van der Waals surface area contributed by atoms with Crippen molar-refractivity contribution in [3.05, 3.63) is 0 Å². The van der Waals surface area contributed by atoms with Gasteiger partial charge in [-0.2, -0.15) is 0 Å². The van der Waals surface area contributed by atoms with Crippen molar-refractivity contribution in [1.29, 1.82) is 0 Å². The molecule has 0 spiro atoms. The van der Waals surface area contributed by atoms with E-state index >= 15 is 0 Å². The van der Waals surface area contributed by atoms with Crippen molar-refractivity contribution in [1.82, 2.24) is 4.90 Å². The zero-order chi connectivity index (χ0) is 13.0. The predicted octanol–water partition coefficient (Wildman–Crippen LogP) is 1.05. The highest BCUT2D eigenvalue weighted by Crippen LogP contribution is 2.23. The Kier molecular flexibility index (Phi) is 5.04. The molecule has 1 N–H and O–H groups in total. The van der Waals surface area contributed by atoms with E-state index in [9.17, 15) is 13.5 Å². The van der Waals surface area contributed by atoms with E-state index in [1.807, 2.05) is 0 Å². The van der Waals surface area contributed by atoms with Gasteiger partial charge >= 0.3 is 0 Å². The first-order valence-corrected chi connectivity index (χ1v) is 9.00. The van der Waals surface area contributed by atoms with Crippen LogP contribution in [0.4, 0.5) is 0 Å². The SMILES string of the molecule is O=S1(=O)CCC(C(O)CN2CCCCCC2)CC1. The van der Waals surface area contributed by atoms with Crippen LogP contribution in [0.15, 0.2) is 0 Å². The van der Waals surface area contributed by atoms with Gasteiger partial charge in [-0.25, -0.2) is 8.42 Å². The normalized spacial score (nSPS) is 28.7. The monoisotopic (exact) mass is 275 g/mol. The summed E-state index contributed by atoms with van der Waals surface area (Å²) in [5.41, 5.74) is 0. The van der Waals surface area contributed by atoms with E-state index in [1.54, 1.807) is 0 Å². The van der Waals surface area contributed by atoms with Gasteiger partial charge in [-0.3, -0.25) is 0 Å². The number of aliphatic hydroxyl groups is 1. The number of sulfone groups is 1. The minimum Gasteiger partial charge on any atom is -0.392 e. The van der Waals surface area contributed by atoms with Crippen molar-refractivity contribution in [3.8, 4) is 0 Å². The number of β-amino-alcohol motifs (C(OH)–C–C–N with tert-alkyl or cyclic N) is 1. The van der Waals surface area contributed by atoms with E-state index in [0.717, 1.165) is 19.6 Å². The third kappa shape index (κ3) is 4.21. The summed E-state index contributed by atoms with van der Waals surface area (Å²) in [6, 6.07) is 0. The van der Waals surface area contributed by atoms with Gasteiger partial charge in [0.05, 0.1) is 17.6 Å². The van der Waals surface area contributed by atoms with Crippen LogP contribution in [0.5, 0.6) is 0 Å². The van der Waals surface area contributed by atoms with Gasteiger partial charge in [-0.1, -0.05) is 12.8 Å². The molecule has 106 valence electrons. The van der Waals surface area contributed by atoms with Gasteiger partial charge in [-0.15, -0.1) is 0 Å². The van der Waals surface area contributed by atoms with E-state index in [4.69, 9.17) is 0 Å². The Morgan fingerprint density at radius 1 is 1.06 bits per heavy atom. The predicted molar refractivity (Wildman–Crippen MR) is 72.3 cm³/mol. The van der Waals surface area contributed by atoms with Gasteiger partial charge in [0.1, 0.15) is 9.84 Å². The molecule has 0 bridgehead atoms. The molecule has 2 saturated heterocycles. The molecular formula is C13H25NO3S. The Morgan fingerprint density at radius 3 is 2.17 bits per heavy atom. The lowest BCUT2D eigenvalue weighted by Gasteiger charge is -2.30. The molecule has 2 heterocycles. The van der Waals surface area contributed by atoms with Crippen molar-refractivity contribution in [2.75, 3.05) is 31.1 Å². The second-order valence-electron chi connectivity index (χ2n) is 5.77. The van der Waals surface area contributed by atoms with E-state index in [0.29, 0.717) is 12.8 Å². The molecule has 5 heteroatoms. The number of hydrogen-bond donors (Lipinski definition) is 1. The third-order valence-electron chi connectivity index (χ3n) is 4.29.